The zero-order chi connectivity index (χ0) is 23.6. The number of hydrogen-bond acceptors (Lipinski definition) is 6. The molecule has 162 valence electrons. The summed E-state index contributed by atoms with van der Waals surface area (Å²) in [6.45, 7) is 4.14. The van der Waals surface area contributed by atoms with Gasteiger partial charge in [-0.1, -0.05) is 49.7 Å². The predicted molar refractivity (Wildman–Crippen MR) is 129 cm³/mol. The maximum Gasteiger partial charge on any atom is 0.179 e. The maximum absolute atomic E-state index is 9.63. The molecular formula is C25H15ClN8. The van der Waals surface area contributed by atoms with Gasteiger partial charge in [0, 0.05) is 5.92 Å². The van der Waals surface area contributed by atoms with E-state index in [2.05, 4.69) is 23.8 Å². The van der Waals surface area contributed by atoms with Gasteiger partial charge in [0.25, 0.3) is 0 Å². The van der Waals surface area contributed by atoms with Crippen molar-refractivity contribution in [1.82, 2.24) is 28.9 Å². The standard InChI is InChI=1S/C25H15ClN8/c1-13(2)22-32-24-20(23-30-15-8-4-6-10-19(15)34(22)23)21-25(31-17(12-28)16(11-27)29-21)33(24)18-9-5-3-7-14(18)26/h3-10,13H,1-2H3. The van der Waals surface area contributed by atoms with Gasteiger partial charge in [-0.05, 0) is 24.3 Å². The van der Waals surface area contributed by atoms with Crippen molar-refractivity contribution >= 4 is 50.5 Å². The average Bonchev–Trinajstić information content (AvgIpc) is 3.38. The number of nitriles is 2. The average molecular weight is 463 g/mol. The number of fused-ring (bicyclic) bond motifs is 7. The summed E-state index contributed by atoms with van der Waals surface area (Å²) in [6.07, 6.45) is 0. The summed E-state index contributed by atoms with van der Waals surface area (Å²) in [7, 11) is 0. The van der Waals surface area contributed by atoms with Crippen LogP contribution < -0.4 is 0 Å². The fourth-order valence-corrected chi connectivity index (χ4v) is 4.59. The highest BCUT2D eigenvalue weighted by Gasteiger charge is 2.26. The lowest BCUT2D eigenvalue weighted by atomic mass is 10.2. The molecule has 0 unspecified atom stereocenters. The molecule has 0 saturated heterocycles. The molecule has 0 bridgehead atoms. The van der Waals surface area contributed by atoms with Crippen LogP contribution in [0.2, 0.25) is 5.02 Å². The Morgan fingerprint density at radius 1 is 0.824 bits per heavy atom. The van der Waals surface area contributed by atoms with E-state index in [-0.39, 0.29) is 17.3 Å². The van der Waals surface area contributed by atoms with Crippen LogP contribution in [-0.2, 0) is 0 Å². The van der Waals surface area contributed by atoms with E-state index >= 15 is 0 Å². The molecular weight excluding hydrogens is 448 g/mol. The van der Waals surface area contributed by atoms with Gasteiger partial charge in [-0.25, -0.2) is 19.9 Å². The molecule has 0 spiro atoms. The van der Waals surface area contributed by atoms with Crippen LogP contribution in [0.5, 0.6) is 0 Å². The normalized spacial score (nSPS) is 11.6. The Morgan fingerprint density at radius 3 is 2.26 bits per heavy atom. The van der Waals surface area contributed by atoms with E-state index in [4.69, 9.17) is 21.6 Å². The molecule has 9 heteroatoms. The van der Waals surface area contributed by atoms with Gasteiger partial charge < -0.3 is 0 Å². The lowest BCUT2D eigenvalue weighted by molar-refractivity contribution is 0.765. The molecule has 34 heavy (non-hydrogen) atoms. The minimum atomic E-state index is -0.0558. The number of benzene rings is 2. The van der Waals surface area contributed by atoms with E-state index in [1.54, 1.807) is 10.6 Å². The van der Waals surface area contributed by atoms with Gasteiger partial charge in [0.1, 0.15) is 23.5 Å². The molecule has 0 amide bonds. The summed E-state index contributed by atoms with van der Waals surface area (Å²) in [4.78, 5) is 19.1. The highest BCUT2D eigenvalue weighted by Crippen LogP contribution is 2.36. The Labute approximate surface area is 198 Å². The third kappa shape index (κ3) is 2.63. The highest BCUT2D eigenvalue weighted by atomic mass is 35.5. The zero-order valence-electron chi connectivity index (χ0n) is 18.2. The first-order valence-corrected chi connectivity index (χ1v) is 11.0. The Hall–Kier alpha value is -4.53. The van der Waals surface area contributed by atoms with E-state index in [0.717, 1.165) is 16.9 Å². The fourth-order valence-electron chi connectivity index (χ4n) is 4.37. The Kier molecular flexibility index (Phi) is 4.28. The van der Waals surface area contributed by atoms with Crippen molar-refractivity contribution in [3.63, 3.8) is 0 Å². The summed E-state index contributed by atoms with van der Waals surface area (Å²) in [5, 5.41) is 20.4. The maximum atomic E-state index is 9.63. The molecule has 0 aliphatic heterocycles. The van der Waals surface area contributed by atoms with Crippen LogP contribution in [0.3, 0.4) is 0 Å². The zero-order valence-corrected chi connectivity index (χ0v) is 18.9. The van der Waals surface area contributed by atoms with Crippen LogP contribution in [0.25, 0.3) is 44.6 Å². The second kappa shape index (κ2) is 7.24. The smallest absolute Gasteiger partial charge is 0.179 e. The third-order valence-electron chi connectivity index (χ3n) is 5.82. The van der Waals surface area contributed by atoms with Crippen LogP contribution in [0.15, 0.2) is 48.5 Å². The van der Waals surface area contributed by atoms with Crippen LogP contribution in [0.1, 0.15) is 37.0 Å². The van der Waals surface area contributed by atoms with Crippen molar-refractivity contribution < 1.29 is 0 Å². The number of para-hydroxylation sites is 3. The SMILES string of the molecule is CC(C)c1nc2c(c3nc(C#N)c(C#N)nc3n2-c2ccccc2Cl)c2nc3ccccc3n12. The Bertz CT molecular complexity index is 1880. The van der Waals surface area contributed by atoms with Crippen LogP contribution in [0, 0.1) is 22.7 Å². The van der Waals surface area contributed by atoms with Crippen molar-refractivity contribution in [2.45, 2.75) is 19.8 Å². The van der Waals surface area contributed by atoms with Gasteiger partial charge in [0.05, 0.1) is 27.1 Å². The molecule has 6 aromatic rings. The molecule has 4 aromatic heterocycles. The first-order valence-electron chi connectivity index (χ1n) is 10.6. The lowest BCUT2D eigenvalue weighted by Gasteiger charge is -2.12. The molecule has 8 nitrogen and oxygen atoms in total. The van der Waals surface area contributed by atoms with Gasteiger partial charge in [-0.3, -0.25) is 8.97 Å². The second-order valence-corrected chi connectivity index (χ2v) is 8.59. The number of nitrogens with zero attached hydrogens (tertiary/aromatic N) is 8. The van der Waals surface area contributed by atoms with Gasteiger partial charge in [0.15, 0.2) is 28.3 Å². The highest BCUT2D eigenvalue weighted by molar-refractivity contribution is 6.32. The topological polar surface area (TPSA) is 108 Å². The summed E-state index contributed by atoms with van der Waals surface area (Å²) in [5.74, 6) is 0.890. The van der Waals surface area contributed by atoms with E-state index in [1.165, 1.54) is 0 Å². The van der Waals surface area contributed by atoms with Crippen molar-refractivity contribution in [2.24, 2.45) is 0 Å². The molecule has 0 aliphatic carbocycles. The molecule has 0 aliphatic rings. The second-order valence-electron chi connectivity index (χ2n) is 8.19. The van der Waals surface area contributed by atoms with Gasteiger partial charge in [0.2, 0.25) is 0 Å². The number of rotatable bonds is 2. The fraction of sp³-hybridized carbons (Fsp3) is 0.120. The number of imidazole rings is 1. The molecule has 0 fully saturated rings. The molecule has 0 saturated carbocycles. The molecule has 0 radical (unpaired) electrons. The van der Waals surface area contributed by atoms with E-state index in [0.29, 0.717) is 38.6 Å². The summed E-state index contributed by atoms with van der Waals surface area (Å²) >= 11 is 6.60. The van der Waals surface area contributed by atoms with Crippen LogP contribution in [0.4, 0.5) is 0 Å². The third-order valence-corrected chi connectivity index (χ3v) is 6.14. The lowest BCUT2D eigenvalue weighted by Crippen LogP contribution is -2.06. The molecule has 4 heterocycles. The molecule has 2 aromatic carbocycles. The van der Waals surface area contributed by atoms with E-state index < -0.39 is 0 Å². The van der Waals surface area contributed by atoms with Crippen molar-refractivity contribution in [3.05, 3.63) is 70.8 Å². The van der Waals surface area contributed by atoms with E-state index in [9.17, 15) is 10.5 Å². The number of aromatic nitrogens is 6. The van der Waals surface area contributed by atoms with Crippen molar-refractivity contribution in [1.29, 1.82) is 10.5 Å². The quantitative estimate of drug-likeness (QED) is 0.346. The molecule has 0 atom stereocenters. The van der Waals surface area contributed by atoms with Crippen LogP contribution in [-0.4, -0.2) is 28.9 Å². The van der Waals surface area contributed by atoms with E-state index in [1.807, 2.05) is 59.0 Å². The molecule has 0 N–H and O–H groups in total. The predicted octanol–water partition coefficient (Wildman–Crippen LogP) is 5.29. The van der Waals surface area contributed by atoms with Crippen molar-refractivity contribution in [2.75, 3.05) is 0 Å². The largest absolute Gasteiger partial charge is 0.279 e. The minimum Gasteiger partial charge on any atom is -0.279 e. The summed E-state index contributed by atoms with van der Waals surface area (Å²) < 4.78 is 3.83. The number of hydrogen-bond donors (Lipinski definition) is 0. The molecule has 6 rings (SSSR count). The first-order chi connectivity index (χ1) is 16.5. The van der Waals surface area contributed by atoms with Gasteiger partial charge in [-0.15, -0.1) is 0 Å². The monoisotopic (exact) mass is 462 g/mol. The van der Waals surface area contributed by atoms with Gasteiger partial charge in [-0.2, -0.15) is 10.5 Å². The summed E-state index contributed by atoms with van der Waals surface area (Å²) in [6, 6.07) is 19.2. The van der Waals surface area contributed by atoms with Gasteiger partial charge >= 0.3 is 0 Å². The minimum absolute atomic E-state index is 0.0459. The van der Waals surface area contributed by atoms with Crippen LogP contribution >= 0.6 is 11.6 Å². The number of halogens is 1. The Balaban J connectivity index is 1.95. The first kappa shape index (κ1) is 20.1. The summed E-state index contributed by atoms with van der Waals surface area (Å²) in [5.41, 5.74) is 4.34. The van der Waals surface area contributed by atoms with Crippen molar-refractivity contribution in [3.8, 4) is 17.8 Å². The Morgan fingerprint density at radius 2 is 1.53 bits per heavy atom.